The van der Waals surface area contributed by atoms with E-state index in [9.17, 15) is 9.59 Å². The molecule has 0 spiro atoms. The van der Waals surface area contributed by atoms with E-state index in [1.165, 1.54) is 13.8 Å². The summed E-state index contributed by atoms with van der Waals surface area (Å²) in [5.74, 6) is -1.35. The average Bonchev–Trinajstić information content (AvgIpc) is 2.38. The molecule has 0 aliphatic carbocycles. The van der Waals surface area contributed by atoms with E-state index in [-0.39, 0.29) is 21.8 Å². The quantitative estimate of drug-likeness (QED) is 0.699. The number of rotatable bonds is 7. The summed E-state index contributed by atoms with van der Waals surface area (Å²) in [4.78, 5) is 22.6. The molecule has 0 heterocycles. The second-order valence-electron chi connectivity index (χ2n) is 4.33. The van der Waals surface area contributed by atoms with Crippen molar-refractivity contribution >= 4 is 23.6 Å². The summed E-state index contributed by atoms with van der Waals surface area (Å²) in [6, 6.07) is 0. The molecule has 0 aliphatic rings. The monoisotopic (exact) mass is 273 g/mol. The van der Waals surface area contributed by atoms with Gasteiger partial charge in [-0.1, -0.05) is 13.8 Å². The van der Waals surface area contributed by atoms with Gasteiger partial charge in [-0.3, -0.25) is 4.79 Å². The maximum absolute atomic E-state index is 11.8. The number of nitrogens with one attached hydrogen (secondary N) is 1. The van der Waals surface area contributed by atoms with E-state index < -0.39 is 5.97 Å². The van der Waals surface area contributed by atoms with Gasteiger partial charge in [0.15, 0.2) is 0 Å². The summed E-state index contributed by atoms with van der Waals surface area (Å²) < 4.78 is 0.0348. The summed E-state index contributed by atoms with van der Waals surface area (Å²) >= 11 is 1.74. The van der Waals surface area contributed by atoms with Gasteiger partial charge in [0, 0.05) is 22.4 Å². The SMILES string of the molecule is CCC(CC)(CNC(=O)C(C)=C(C)C(=O)O)SC. The number of amides is 1. The highest BCUT2D eigenvalue weighted by atomic mass is 32.2. The Labute approximate surface area is 113 Å². The van der Waals surface area contributed by atoms with Gasteiger partial charge in [0.05, 0.1) is 0 Å². The molecule has 18 heavy (non-hydrogen) atoms. The van der Waals surface area contributed by atoms with Crippen LogP contribution in [0, 0.1) is 0 Å². The van der Waals surface area contributed by atoms with Gasteiger partial charge < -0.3 is 10.4 Å². The van der Waals surface area contributed by atoms with Crippen molar-refractivity contribution in [1.82, 2.24) is 5.32 Å². The number of hydrogen-bond donors (Lipinski definition) is 2. The molecule has 0 unspecified atom stereocenters. The van der Waals surface area contributed by atoms with Gasteiger partial charge in [0.1, 0.15) is 0 Å². The lowest BCUT2D eigenvalue weighted by molar-refractivity contribution is -0.133. The first-order chi connectivity index (χ1) is 8.33. The molecule has 0 fully saturated rings. The van der Waals surface area contributed by atoms with Crippen LogP contribution in [0.3, 0.4) is 0 Å². The van der Waals surface area contributed by atoms with Gasteiger partial charge in [0.2, 0.25) is 5.91 Å². The maximum atomic E-state index is 11.8. The fraction of sp³-hybridized carbons (Fsp3) is 0.692. The highest BCUT2D eigenvalue weighted by Crippen LogP contribution is 2.29. The van der Waals surface area contributed by atoms with Crippen LogP contribution in [0.5, 0.6) is 0 Å². The molecule has 0 radical (unpaired) electrons. The number of carbonyl (C=O) groups excluding carboxylic acids is 1. The number of aliphatic carboxylic acids is 1. The van der Waals surface area contributed by atoms with E-state index in [4.69, 9.17) is 5.11 Å². The Hall–Kier alpha value is -0.970. The number of carboxylic acid groups (broad SMARTS) is 1. The summed E-state index contributed by atoms with van der Waals surface area (Å²) in [7, 11) is 0. The third kappa shape index (κ3) is 4.37. The van der Waals surface area contributed by atoms with Gasteiger partial charge in [-0.25, -0.2) is 4.79 Å². The minimum atomic E-state index is -1.05. The minimum absolute atomic E-state index is 0.0348. The first-order valence-electron chi connectivity index (χ1n) is 6.07. The Balaban J connectivity index is 4.70. The van der Waals surface area contributed by atoms with Crippen LogP contribution in [-0.4, -0.2) is 34.5 Å². The van der Waals surface area contributed by atoms with Crippen LogP contribution in [0.1, 0.15) is 40.5 Å². The first kappa shape index (κ1) is 17.0. The van der Waals surface area contributed by atoms with Crippen molar-refractivity contribution in [2.45, 2.75) is 45.3 Å². The highest BCUT2D eigenvalue weighted by Gasteiger charge is 2.25. The van der Waals surface area contributed by atoms with Crippen LogP contribution in [-0.2, 0) is 9.59 Å². The predicted octanol–water partition coefficient (Wildman–Crippen LogP) is 2.45. The Kier molecular flexibility index (Phi) is 7.06. The Morgan fingerprint density at radius 1 is 1.17 bits per heavy atom. The van der Waals surface area contributed by atoms with Gasteiger partial charge in [0.25, 0.3) is 0 Å². The zero-order valence-corrected chi connectivity index (χ0v) is 12.6. The van der Waals surface area contributed by atoms with Gasteiger partial charge in [-0.05, 0) is 32.9 Å². The summed E-state index contributed by atoms with van der Waals surface area (Å²) in [6.45, 7) is 7.73. The zero-order chi connectivity index (χ0) is 14.3. The lowest BCUT2D eigenvalue weighted by atomic mass is 10.0. The fourth-order valence-electron chi connectivity index (χ4n) is 1.57. The van der Waals surface area contributed by atoms with Crippen molar-refractivity contribution in [2.24, 2.45) is 0 Å². The number of thioether (sulfide) groups is 1. The molecule has 5 heteroatoms. The molecule has 0 bridgehead atoms. The fourth-order valence-corrected chi connectivity index (χ4v) is 2.36. The summed E-state index contributed by atoms with van der Waals surface area (Å²) in [5.41, 5.74) is 0.361. The van der Waals surface area contributed by atoms with Crippen LogP contribution >= 0.6 is 11.8 Å². The molecule has 0 atom stereocenters. The van der Waals surface area contributed by atoms with Crippen molar-refractivity contribution in [2.75, 3.05) is 12.8 Å². The lowest BCUT2D eigenvalue weighted by Gasteiger charge is -2.29. The van der Waals surface area contributed by atoms with E-state index in [0.717, 1.165) is 12.8 Å². The average molecular weight is 273 g/mol. The van der Waals surface area contributed by atoms with E-state index in [1.807, 2.05) is 6.26 Å². The van der Waals surface area contributed by atoms with Crippen molar-refractivity contribution < 1.29 is 14.7 Å². The number of carbonyl (C=O) groups is 2. The Morgan fingerprint density at radius 2 is 1.67 bits per heavy atom. The maximum Gasteiger partial charge on any atom is 0.331 e. The molecule has 0 saturated carbocycles. The molecular weight excluding hydrogens is 250 g/mol. The molecular formula is C13H23NO3S. The van der Waals surface area contributed by atoms with Crippen LogP contribution in [0.2, 0.25) is 0 Å². The molecule has 0 rings (SSSR count). The zero-order valence-electron chi connectivity index (χ0n) is 11.8. The molecule has 0 aromatic heterocycles. The van der Waals surface area contributed by atoms with Crippen LogP contribution in [0.15, 0.2) is 11.1 Å². The second kappa shape index (κ2) is 7.46. The Bertz CT molecular complexity index is 338. The molecule has 2 N–H and O–H groups in total. The first-order valence-corrected chi connectivity index (χ1v) is 7.30. The molecule has 0 aromatic rings. The van der Waals surface area contributed by atoms with E-state index in [0.29, 0.717) is 6.54 Å². The van der Waals surface area contributed by atoms with Gasteiger partial charge in [-0.2, -0.15) is 11.8 Å². The second-order valence-corrected chi connectivity index (χ2v) is 5.61. The lowest BCUT2D eigenvalue weighted by Crippen LogP contribution is -2.40. The topological polar surface area (TPSA) is 66.4 Å². The summed E-state index contributed by atoms with van der Waals surface area (Å²) in [6.07, 6.45) is 3.96. The van der Waals surface area contributed by atoms with Crippen molar-refractivity contribution in [3.63, 3.8) is 0 Å². The molecule has 104 valence electrons. The van der Waals surface area contributed by atoms with E-state index >= 15 is 0 Å². The van der Waals surface area contributed by atoms with Crippen molar-refractivity contribution in [1.29, 1.82) is 0 Å². The number of carboxylic acids is 1. The predicted molar refractivity (Wildman–Crippen MR) is 75.8 cm³/mol. The summed E-state index contributed by atoms with van der Waals surface area (Å²) in [5, 5.41) is 11.7. The molecule has 0 aromatic carbocycles. The van der Waals surface area contributed by atoms with Crippen molar-refractivity contribution in [3.05, 3.63) is 11.1 Å². The van der Waals surface area contributed by atoms with Gasteiger partial charge in [-0.15, -0.1) is 0 Å². The third-order valence-corrected chi connectivity index (χ3v) is 5.10. The minimum Gasteiger partial charge on any atom is -0.478 e. The van der Waals surface area contributed by atoms with Crippen LogP contribution in [0.4, 0.5) is 0 Å². The highest BCUT2D eigenvalue weighted by molar-refractivity contribution is 8.00. The standard InChI is InChI=1S/C13H23NO3S/c1-6-13(7-2,18-5)8-14-11(15)9(3)10(4)12(16)17/h6-8H2,1-5H3,(H,14,15)(H,16,17). The van der Waals surface area contributed by atoms with E-state index in [1.54, 1.807) is 11.8 Å². The number of hydrogen-bond acceptors (Lipinski definition) is 3. The molecule has 1 amide bonds. The largest absolute Gasteiger partial charge is 0.478 e. The molecule has 4 nitrogen and oxygen atoms in total. The molecule has 0 aliphatic heterocycles. The van der Waals surface area contributed by atoms with E-state index in [2.05, 4.69) is 19.2 Å². The normalized spacial score (nSPS) is 12.9. The smallest absolute Gasteiger partial charge is 0.331 e. The van der Waals surface area contributed by atoms with Crippen LogP contribution in [0.25, 0.3) is 0 Å². The third-order valence-electron chi connectivity index (χ3n) is 3.52. The Morgan fingerprint density at radius 3 is 2.00 bits per heavy atom. The van der Waals surface area contributed by atoms with Crippen LogP contribution < -0.4 is 5.32 Å². The van der Waals surface area contributed by atoms with Crippen molar-refractivity contribution in [3.8, 4) is 0 Å². The molecule has 0 saturated heterocycles. The van der Waals surface area contributed by atoms with Gasteiger partial charge >= 0.3 is 5.97 Å².